The Morgan fingerprint density at radius 1 is 1.28 bits per heavy atom. The van der Waals surface area contributed by atoms with Crippen molar-refractivity contribution in [2.24, 2.45) is 15.1 Å². The van der Waals surface area contributed by atoms with Crippen LogP contribution in [0.5, 0.6) is 0 Å². The molecule has 0 unspecified atom stereocenters. The van der Waals surface area contributed by atoms with Gasteiger partial charge in [0.2, 0.25) is 0 Å². The summed E-state index contributed by atoms with van der Waals surface area (Å²) >= 11 is 6.12. The third-order valence-corrected chi connectivity index (χ3v) is 3.82. The smallest absolute Gasteiger partial charge is 0.144 e. The third-order valence-electron chi connectivity index (χ3n) is 3.59. The average Bonchev–Trinajstić information content (AvgIpc) is 2.79. The van der Waals surface area contributed by atoms with Crippen LogP contribution in [0.25, 0.3) is 0 Å². The number of amidine groups is 1. The van der Waals surface area contributed by atoms with Crippen LogP contribution in [0.2, 0.25) is 5.02 Å². The zero-order valence-corrected chi connectivity index (χ0v) is 14.3. The molecule has 2 aromatic rings. The second-order valence-electron chi connectivity index (χ2n) is 5.48. The summed E-state index contributed by atoms with van der Waals surface area (Å²) in [7, 11) is 0. The molecule has 0 spiro atoms. The van der Waals surface area contributed by atoms with E-state index in [1.165, 1.54) is 6.07 Å². The summed E-state index contributed by atoms with van der Waals surface area (Å²) in [4.78, 5) is 9.03. The zero-order valence-electron chi connectivity index (χ0n) is 13.5. The Morgan fingerprint density at radius 3 is 2.84 bits per heavy atom. The van der Waals surface area contributed by atoms with E-state index < -0.39 is 0 Å². The number of nitrogens with zero attached hydrogens (tertiary/aromatic N) is 3. The zero-order chi connectivity index (χ0) is 17.8. The number of aliphatic hydroxyl groups excluding tert-OH is 1. The molecule has 25 heavy (non-hydrogen) atoms. The number of aliphatic imine (C=N–C) groups is 2. The minimum atomic E-state index is -0.363. The average molecular weight is 359 g/mol. The topological polar surface area (TPSA) is 69.3 Å². The maximum absolute atomic E-state index is 14.3. The predicted octanol–water partition coefficient (Wildman–Crippen LogP) is 3.32. The molecule has 0 aromatic heterocycles. The lowest BCUT2D eigenvalue weighted by Gasteiger charge is -2.09. The van der Waals surface area contributed by atoms with Crippen LogP contribution in [0, 0.1) is 5.82 Å². The summed E-state index contributed by atoms with van der Waals surface area (Å²) in [5.74, 6) is 0.125. The van der Waals surface area contributed by atoms with Crippen molar-refractivity contribution in [3.8, 4) is 0 Å². The lowest BCUT2D eigenvalue weighted by atomic mass is 10.0. The van der Waals surface area contributed by atoms with Crippen molar-refractivity contribution in [2.75, 3.05) is 13.2 Å². The van der Waals surface area contributed by atoms with E-state index in [2.05, 4.69) is 20.5 Å². The Bertz CT molecular complexity index is 892. The molecule has 0 amide bonds. The molecular weight excluding hydrogens is 343 g/mol. The summed E-state index contributed by atoms with van der Waals surface area (Å²) < 4.78 is 14.3. The van der Waals surface area contributed by atoms with E-state index in [0.717, 1.165) is 0 Å². The summed E-state index contributed by atoms with van der Waals surface area (Å²) in [5, 5.41) is 13.6. The van der Waals surface area contributed by atoms with Gasteiger partial charge < -0.3 is 5.11 Å². The van der Waals surface area contributed by atoms with Gasteiger partial charge in [-0.25, -0.2) is 9.38 Å². The van der Waals surface area contributed by atoms with Crippen molar-refractivity contribution in [1.82, 2.24) is 5.43 Å². The minimum absolute atomic E-state index is 0.157. The lowest BCUT2D eigenvalue weighted by Crippen LogP contribution is -2.22. The molecule has 0 bridgehead atoms. The van der Waals surface area contributed by atoms with Crippen molar-refractivity contribution in [3.63, 3.8) is 0 Å². The summed E-state index contributed by atoms with van der Waals surface area (Å²) in [6, 6.07) is 11.6. The van der Waals surface area contributed by atoms with E-state index in [9.17, 15) is 4.39 Å². The Morgan fingerprint density at radius 2 is 2.08 bits per heavy atom. The summed E-state index contributed by atoms with van der Waals surface area (Å²) in [6.45, 7) is 1.72. The van der Waals surface area contributed by atoms with E-state index in [1.807, 2.05) is 0 Å². The number of fused-ring (bicyclic) bond motifs is 1. The standard InChI is InChI=1S/C18H16ClFN4O/c1-11(10-25)23-24-17-9-21-18(13-4-2-3-5-15(13)20)14-8-12(19)6-7-16(14)22-17/h2-8,25H,9-10H2,1H3,(H,22,24)/b23-11+. The fourth-order valence-corrected chi connectivity index (χ4v) is 2.53. The van der Waals surface area contributed by atoms with Gasteiger partial charge in [-0.05, 0) is 37.3 Å². The van der Waals surface area contributed by atoms with Gasteiger partial charge >= 0.3 is 0 Å². The maximum atomic E-state index is 14.3. The quantitative estimate of drug-likeness (QED) is 0.652. The molecule has 0 radical (unpaired) electrons. The van der Waals surface area contributed by atoms with Gasteiger partial charge in [0.05, 0.1) is 30.3 Å². The number of halogens is 2. The van der Waals surface area contributed by atoms with Gasteiger partial charge in [-0.15, -0.1) is 0 Å². The van der Waals surface area contributed by atoms with Crippen LogP contribution >= 0.6 is 11.6 Å². The number of hydrogen-bond donors (Lipinski definition) is 2. The van der Waals surface area contributed by atoms with Crippen LogP contribution in [-0.4, -0.2) is 35.5 Å². The monoisotopic (exact) mass is 358 g/mol. The second kappa shape index (κ2) is 7.55. The van der Waals surface area contributed by atoms with E-state index in [1.54, 1.807) is 43.3 Å². The molecule has 0 aliphatic carbocycles. The number of benzene rings is 2. The highest BCUT2D eigenvalue weighted by atomic mass is 35.5. The molecule has 128 valence electrons. The Kier molecular flexibility index (Phi) is 5.21. The van der Waals surface area contributed by atoms with Gasteiger partial charge in [0.1, 0.15) is 11.7 Å². The molecule has 1 heterocycles. The summed E-state index contributed by atoms with van der Waals surface area (Å²) in [5.41, 5.74) is 5.45. The number of aliphatic hydroxyl groups is 1. The van der Waals surface area contributed by atoms with Gasteiger partial charge in [-0.2, -0.15) is 5.10 Å². The number of hydrazone groups is 1. The second-order valence-corrected chi connectivity index (χ2v) is 5.92. The van der Waals surface area contributed by atoms with Crippen LogP contribution < -0.4 is 5.43 Å². The fraction of sp³-hybridized carbons (Fsp3) is 0.167. The molecular formula is C18H16ClFN4O. The van der Waals surface area contributed by atoms with Gasteiger partial charge in [-0.1, -0.05) is 23.7 Å². The Balaban J connectivity index is 2.08. The fourth-order valence-electron chi connectivity index (χ4n) is 2.35. The van der Waals surface area contributed by atoms with Crippen molar-refractivity contribution in [1.29, 1.82) is 0 Å². The number of rotatable bonds is 3. The van der Waals surface area contributed by atoms with Crippen molar-refractivity contribution >= 4 is 34.5 Å². The van der Waals surface area contributed by atoms with E-state index in [4.69, 9.17) is 16.7 Å². The van der Waals surface area contributed by atoms with Crippen molar-refractivity contribution < 1.29 is 9.50 Å². The molecule has 7 heteroatoms. The van der Waals surface area contributed by atoms with Crippen LogP contribution in [0.15, 0.2) is 57.6 Å². The first-order valence-electron chi connectivity index (χ1n) is 7.65. The normalized spacial score (nSPS) is 14.3. The minimum Gasteiger partial charge on any atom is -0.390 e. The molecule has 2 N–H and O–H groups in total. The Hall–Kier alpha value is -2.57. The first-order valence-corrected chi connectivity index (χ1v) is 8.03. The predicted molar refractivity (Wildman–Crippen MR) is 98.8 cm³/mol. The summed E-state index contributed by atoms with van der Waals surface area (Å²) in [6.07, 6.45) is 0. The lowest BCUT2D eigenvalue weighted by molar-refractivity contribution is 0.356. The third kappa shape index (κ3) is 3.92. The van der Waals surface area contributed by atoms with E-state index in [0.29, 0.717) is 39.1 Å². The Labute approximate surface area is 149 Å². The molecule has 5 nitrogen and oxygen atoms in total. The molecule has 3 rings (SSSR count). The SMILES string of the molecule is C/C(CO)=N\NC1=Nc2ccc(Cl)cc2C(c2ccccc2F)=NC1. The first kappa shape index (κ1) is 17.3. The van der Waals surface area contributed by atoms with E-state index in [-0.39, 0.29) is 19.0 Å². The van der Waals surface area contributed by atoms with Crippen LogP contribution in [0.4, 0.5) is 10.1 Å². The van der Waals surface area contributed by atoms with Gasteiger partial charge in [-0.3, -0.25) is 10.4 Å². The molecule has 0 saturated carbocycles. The highest BCUT2D eigenvalue weighted by Gasteiger charge is 2.19. The largest absolute Gasteiger partial charge is 0.390 e. The van der Waals surface area contributed by atoms with Crippen LogP contribution in [-0.2, 0) is 0 Å². The number of nitrogens with one attached hydrogen (secondary N) is 1. The van der Waals surface area contributed by atoms with Crippen LogP contribution in [0.1, 0.15) is 18.1 Å². The van der Waals surface area contributed by atoms with Crippen molar-refractivity contribution in [3.05, 3.63) is 64.4 Å². The molecule has 1 aliphatic heterocycles. The molecule has 0 saturated heterocycles. The highest BCUT2D eigenvalue weighted by molar-refractivity contribution is 6.31. The highest BCUT2D eigenvalue weighted by Crippen LogP contribution is 2.29. The van der Waals surface area contributed by atoms with Gasteiger partial charge in [0, 0.05) is 16.1 Å². The number of hydrogen-bond acceptors (Lipinski definition) is 5. The molecule has 2 aromatic carbocycles. The molecule has 1 aliphatic rings. The van der Waals surface area contributed by atoms with Crippen molar-refractivity contribution in [2.45, 2.75) is 6.92 Å². The van der Waals surface area contributed by atoms with Gasteiger partial charge in [0.15, 0.2) is 0 Å². The van der Waals surface area contributed by atoms with E-state index >= 15 is 0 Å². The maximum Gasteiger partial charge on any atom is 0.144 e. The molecule has 0 fully saturated rings. The van der Waals surface area contributed by atoms with Gasteiger partial charge in [0.25, 0.3) is 0 Å². The van der Waals surface area contributed by atoms with Crippen LogP contribution in [0.3, 0.4) is 0 Å². The molecule has 0 atom stereocenters. The first-order chi connectivity index (χ1) is 12.1.